The number of nitrogens with zero attached hydrogens (tertiary/aromatic N) is 4. The summed E-state index contributed by atoms with van der Waals surface area (Å²) in [6, 6.07) is 6.94. The molecule has 0 radical (unpaired) electrons. The molecular formula is C12H5Cl3N4O. The van der Waals surface area contributed by atoms with Crippen molar-refractivity contribution in [2.24, 2.45) is 0 Å². The van der Waals surface area contributed by atoms with Crippen molar-refractivity contribution in [2.75, 3.05) is 0 Å². The van der Waals surface area contributed by atoms with Gasteiger partial charge < -0.3 is 4.52 Å². The van der Waals surface area contributed by atoms with Crippen molar-refractivity contribution >= 4 is 34.8 Å². The molecule has 0 N–H and O–H groups in total. The highest BCUT2D eigenvalue weighted by Gasteiger charge is 2.11. The Hall–Kier alpha value is -1.69. The predicted molar refractivity (Wildman–Crippen MR) is 75.8 cm³/mol. The first-order valence-electron chi connectivity index (χ1n) is 5.40. The fraction of sp³-hybridized carbons (Fsp3) is 0. The van der Waals surface area contributed by atoms with E-state index in [-0.39, 0.29) is 5.35 Å². The van der Waals surface area contributed by atoms with E-state index in [1.54, 1.807) is 18.2 Å². The lowest BCUT2D eigenvalue weighted by molar-refractivity contribution is 0.420. The third-order valence-corrected chi connectivity index (χ3v) is 3.41. The standard InChI is InChI=1S/C12H5Cl3N4O/c13-7-2-1-6(3-8(7)14)9-4-10(17-5-16-9)11-18-12(15)20-19-11/h1-5H. The molecule has 0 atom stereocenters. The molecule has 2 aromatic heterocycles. The van der Waals surface area contributed by atoms with Gasteiger partial charge in [-0.15, -0.1) is 0 Å². The fourth-order valence-electron chi connectivity index (χ4n) is 1.60. The van der Waals surface area contributed by atoms with Gasteiger partial charge in [-0.2, -0.15) is 4.98 Å². The van der Waals surface area contributed by atoms with Crippen LogP contribution in [0.5, 0.6) is 0 Å². The van der Waals surface area contributed by atoms with Gasteiger partial charge in [0.05, 0.1) is 15.7 Å². The van der Waals surface area contributed by atoms with E-state index in [0.29, 0.717) is 27.3 Å². The highest BCUT2D eigenvalue weighted by molar-refractivity contribution is 6.42. The molecule has 0 amide bonds. The minimum absolute atomic E-state index is 0.0466. The maximum absolute atomic E-state index is 5.99. The molecular weight excluding hydrogens is 323 g/mol. The van der Waals surface area contributed by atoms with Crippen LogP contribution in [0.3, 0.4) is 0 Å². The van der Waals surface area contributed by atoms with Crippen molar-refractivity contribution in [3.63, 3.8) is 0 Å². The molecule has 0 saturated carbocycles. The first-order valence-corrected chi connectivity index (χ1v) is 6.54. The Kier molecular flexibility index (Phi) is 3.56. The van der Waals surface area contributed by atoms with Gasteiger partial charge in [0.1, 0.15) is 12.0 Å². The third-order valence-electron chi connectivity index (χ3n) is 2.51. The van der Waals surface area contributed by atoms with Gasteiger partial charge in [-0.1, -0.05) is 34.4 Å². The van der Waals surface area contributed by atoms with E-state index < -0.39 is 0 Å². The zero-order chi connectivity index (χ0) is 14.1. The predicted octanol–water partition coefficient (Wildman–Crippen LogP) is 4.15. The zero-order valence-corrected chi connectivity index (χ0v) is 12.0. The minimum Gasteiger partial charge on any atom is -0.321 e. The van der Waals surface area contributed by atoms with Gasteiger partial charge in [-0.05, 0) is 29.8 Å². The van der Waals surface area contributed by atoms with Gasteiger partial charge >= 0.3 is 5.35 Å². The first-order chi connectivity index (χ1) is 9.63. The Balaban J connectivity index is 2.04. The lowest BCUT2D eigenvalue weighted by atomic mass is 10.1. The van der Waals surface area contributed by atoms with Crippen LogP contribution < -0.4 is 0 Å². The quantitative estimate of drug-likeness (QED) is 0.707. The molecule has 100 valence electrons. The number of halogens is 3. The molecule has 1 aromatic carbocycles. The van der Waals surface area contributed by atoms with E-state index in [4.69, 9.17) is 39.3 Å². The molecule has 0 spiro atoms. The van der Waals surface area contributed by atoms with Crippen molar-refractivity contribution in [3.8, 4) is 22.8 Å². The summed E-state index contributed by atoms with van der Waals surface area (Å²) in [7, 11) is 0. The molecule has 8 heteroatoms. The molecule has 0 saturated heterocycles. The van der Waals surface area contributed by atoms with Crippen LogP contribution in [0, 0.1) is 0 Å². The smallest absolute Gasteiger partial charge is 0.320 e. The van der Waals surface area contributed by atoms with E-state index in [0.717, 1.165) is 5.56 Å². The van der Waals surface area contributed by atoms with Crippen LogP contribution in [0.1, 0.15) is 0 Å². The van der Waals surface area contributed by atoms with E-state index in [9.17, 15) is 0 Å². The zero-order valence-electron chi connectivity index (χ0n) is 9.72. The SMILES string of the molecule is Clc1nc(-c2cc(-c3ccc(Cl)c(Cl)c3)ncn2)no1. The first kappa shape index (κ1) is 13.3. The maximum atomic E-state index is 5.99. The van der Waals surface area contributed by atoms with Crippen LogP contribution in [0.15, 0.2) is 35.1 Å². The van der Waals surface area contributed by atoms with Crippen LogP contribution in [-0.2, 0) is 0 Å². The topological polar surface area (TPSA) is 64.7 Å². The Morgan fingerprint density at radius 1 is 0.900 bits per heavy atom. The molecule has 20 heavy (non-hydrogen) atoms. The molecule has 3 aromatic rings. The summed E-state index contributed by atoms with van der Waals surface area (Å²) in [4.78, 5) is 12.2. The summed E-state index contributed by atoms with van der Waals surface area (Å²) in [5.41, 5.74) is 1.96. The summed E-state index contributed by atoms with van der Waals surface area (Å²) in [6.45, 7) is 0. The van der Waals surface area contributed by atoms with E-state index in [2.05, 4.69) is 20.1 Å². The highest BCUT2D eigenvalue weighted by atomic mass is 35.5. The molecule has 0 unspecified atom stereocenters. The van der Waals surface area contributed by atoms with Crippen LogP contribution in [0.2, 0.25) is 15.4 Å². The summed E-state index contributed by atoms with van der Waals surface area (Å²) < 4.78 is 4.70. The third kappa shape index (κ3) is 2.60. The van der Waals surface area contributed by atoms with E-state index in [1.807, 2.05) is 6.07 Å². The minimum atomic E-state index is -0.0466. The summed E-state index contributed by atoms with van der Waals surface area (Å²) in [6.07, 6.45) is 1.40. The molecule has 3 rings (SSSR count). The Labute approximate surface area is 128 Å². The number of aromatic nitrogens is 4. The molecule has 0 aliphatic heterocycles. The lowest BCUT2D eigenvalue weighted by Crippen LogP contribution is -1.90. The van der Waals surface area contributed by atoms with Crippen LogP contribution in [0.25, 0.3) is 22.8 Å². The maximum Gasteiger partial charge on any atom is 0.320 e. The molecule has 0 aliphatic rings. The molecule has 0 aliphatic carbocycles. The van der Waals surface area contributed by atoms with Crippen molar-refractivity contribution in [1.29, 1.82) is 0 Å². The normalized spacial score (nSPS) is 10.8. The second-order valence-electron chi connectivity index (χ2n) is 3.79. The number of rotatable bonds is 2. The Bertz CT molecular complexity index is 775. The highest BCUT2D eigenvalue weighted by Crippen LogP contribution is 2.28. The number of hydrogen-bond donors (Lipinski definition) is 0. The molecule has 0 fully saturated rings. The fourth-order valence-corrected chi connectivity index (χ4v) is 2.01. The largest absolute Gasteiger partial charge is 0.321 e. The van der Waals surface area contributed by atoms with Gasteiger partial charge in [-0.3, -0.25) is 0 Å². The molecule has 2 heterocycles. The number of hydrogen-bond acceptors (Lipinski definition) is 5. The number of benzene rings is 1. The van der Waals surface area contributed by atoms with Crippen LogP contribution in [-0.4, -0.2) is 20.1 Å². The van der Waals surface area contributed by atoms with E-state index >= 15 is 0 Å². The summed E-state index contributed by atoms with van der Waals surface area (Å²) >= 11 is 17.5. The van der Waals surface area contributed by atoms with Gasteiger partial charge in [0, 0.05) is 5.56 Å². The van der Waals surface area contributed by atoms with Gasteiger partial charge in [0.15, 0.2) is 0 Å². The summed E-state index contributed by atoms with van der Waals surface area (Å²) in [5, 5.41) is 4.58. The van der Waals surface area contributed by atoms with Gasteiger partial charge in [-0.25, -0.2) is 9.97 Å². The Morgan fingerprint density at radius 2 is 1.70 bits per heavy atom. The van der Waals surface area contributed by atoms with E-state index in [1.165, 1.54) is 6.33 Å². The average Bonchev–Trinajstić information content (AvgIpc) is 2.89. The average molecular weight is 328 g/mol. The van der Waals surface area contributed by atoms with Crippen LogP contribution in [0.4, 0.5) is 0 Å². The van der Waals surface area contributed by atoms with Crippen molar-refractivity contribution < 1.29 is 4.52 Å². The van der Waals surface area contributed by atoms with Gasteiger partial charge in [0.2, 0.25) is 5.82 Å². The van der Waals surface area contributed by atoms with Crippen molar-refractivity contribution in [1.82, 2.24) is 20.1 Å². The monoisotopic (exact) mass is 326 g/mol. The van der Waals surface area contributed by atoms with Crippen molar-refractivity contribution in [3.05, 3.63) is 46.0 Å². The Morgan fingerprint density at radius 3 is 2.40 bits per heavy atom. The lowest BCUT2D eigenvalue weighted by Gasteiger charge is -2.03. The molecule has 5 nitrogen and oxygen atoms in total. The van der Waals surface area contributed by atoms with Crippen molar-refractivity contribution in [2.45, 2.75) is 0 Å². The van der Waals surface area contributed by atoms with Crippen LogP contribution >= 0.6 is 34.8 Å². The molecule has 0 bridgehead atoms. The summed E-state index contributed by atoms with van der Waals surface area (Å²) in [5.74, 6) is 0.290. The second-order valence-corrected chi connectivity index (χ2v) is 4.93. The van der Waals surface area contributed by atoms with Gasteiger partial charge in [0.25, 0.3) is 0 Å². The second kappa shape index (κ2) is 5.36.